The summed E-state index contributed by atoms with van der Waals surface area (Å²) in [6.45, 7) is 3.54. The SMILES string of the molecule is CCOP(=O)(C[C@@H]1O[C@@]23CCCC[C@H]2[C@](C#N)(C(=N)O3)C1(C#N)C#N)OCC. The molecule has 2 saturated heterocycles. The highest BCUT2D eigenvalue weighted by atomic mass is 31.2. The van der Waals surface area contributed by atoms with E-state index >= 15 is 0 Å². The fraction of sp³-hybridized carbons (Fsp3) is 0.778. The Morgan fingerprint density at radius 2 is 1.82 bits per heavy atom. The lowest BCUT2D eigenvalue weighted by Crippen LogP contribution is -2.64. The molecule has 0 aromatic heterocycles. The van der Waals surface area contributed by atoms with Gasteiger partial charge in [-0.25, -0.2) is 0 Å². The smallest absolute Gasteiger partial charge is 0.333 e. The van der Waals surface area contributed by atoms with Gasteiger partial charge in [-0.1, -0.05) is 6.42 Å². The van der Waals surface area contributed by atoms with Crippen LogP contribution in [0.2, 0.25) is 0 Å². The summed E-state index contributed by atoms with van der Waals surface area (Å²) < 4.78 is 35.7. The Morgan fingerprint density at radius 1 is 1.18 bits per heavy atom. The van der Waals surface area contributed by atoms with Crippen molar-refractivity contribution in [3.8, 4) is 18.2 Å². The summed E-state index contributed by atoms with van der Waals surface area (Å²) in [6.07, 6.45) is 0.846. The Morgan fingerprint density at radius 3 is 2.36 bits per heavy atom. The molecule has 3 fully saturated rings. The molecule has 0 unspecified atom stereocenters. The zero-order valence-corrected chi connectivity index (χ0v) is 16.8. The van der Waals surface area contributed by atoms with E-state index in [1.54, 1.807) is 13.8 Å². The van der Waals surface area contributed by atoms with Crippen molar-refractivity contribution < 1.29 is 23.1 Å². The summed E-state index contributed by atoms with van der Waals surface area (Å²) in [4.78, 5) is 0. The number of hydrogen-bond acceptors (Lipinski definition) is 9. The average molecular weight is 406 g/mol. The van der Waals surface area contributed by atoms with Gasteiger partial charge >= 0.3 is 7.60 Å². The lowest BCUT2D eigenvalue weighted by atomic mass is 9.52. The van der Waals surface area contributed by atoms with E-state index in [0.717, 1.165) is 12.8 Å². The van der Waals surface area contributed by atoms with E-state index in [-0.39, 0.29) is 19.4 Å². The Bertz CT molecular complexity index is 818. The van der Waals surface area contributed by atoms with Crippen LogP contribution in [0, 0.1) is 56.2 Å². The summed E-state index contributed by atoms with van der Waals surface area (Å²) >= 11 is 0. The second-order valence-corrected chi connectivity index (χ2v) is 9.33. The molecule has 1 aliphatic carbocycles. The third-order valence-electron chi connectivity index (χ3n) is 5.97. The van der Waals surface area contributed by atoms with Gasteiger partial charge in [0.1, 0.15) is 6.10 Å². The van der Waals surface area contributed by atoms with E-state index in [4.69, 9.17) is 23.9 Å². The molecule has 1 saturated carbocycles. The van der Waals surface area contributed by atoms with Crippen molar-refractivity contribution in [3.05, 3.63) is 0 Å². The maximum Gasteiger partial charge on any atom is 0.333 e. The van der Waals surface area contributed by atoms with E-state index < -0.39 is 42.1 Å². The summed E-state index contributed by atoms with van der Waals surface area (Å²) in [7, 11) is -3.69. The summed E-state index contributed by atoms with van der Waals surface area (Å²) in [5.41, 5.74) is -3.85. The molecule has 150 valence electrons. The van der Waals surface area contributed by atoms with Crippen molar-refractivity contribution in [1.82, 2.24) is 0 Å². The van der Waals surface area contributed by atoms with Gasteiger partial charge in [-0.05, 0) is 26.7 Å². The van der Waals surface area contributed by atoms with Crippen molar-refractivity contribution in [1.29, 1.82) is 21.2 Å². The van der Waals surface area contributed by atoms with Crippen LogP contribution in [0.3, 0.4) is 0 Å². The number of ether oxygens (including phenoxy) is 2. The summed E-state index contributed by atoms with van der Waals surface area (Å²) in [6, 6.07) is 5.96. The Balaban J connectivity index is 2.16. The van der Waals surface area contributed by atoms with Crippen LogP contribution in [-0.4, -0.2) is 37.2 Å². The molecular weight excluding hydrogens is 383 g/mol. The third kappa shape index (κ3) is 2.53. The van der Waals surface area contributed by atoms with Gasteiger partial charge < -0.3 is 18.5 Å². The minimum Gasteiger partial charge on any atom is -0.447 e. The quantitative estimate of drug-likeness (QED) is 0.661. The lowest BCUT2D eigenvalue weighted by Gasteiger charge is -2.51. The van der Waals surface area contributed by atoms with Gasteiger partial charge in [-0.3, -0.25) is 9.97 Å². The van der Waals surface area contributed by atoms with Crippen LogP contribution < -0.4 is 0 Å². The highest BCUT2D eigenvalue weighted by Crippen LogP contribution is 2.68. The molecule has 10 heteroatoms. The Labute approximate surface area is 164 Å². The van der Waals surface area contributed by atoms with Crippen molar-refractivity contribution in [3.63, 3.8) is 0 Å². The molecule has 0 aromatic carbocycles. The molecule has 3 rings (SSSR count). The van der Waals surface area contributed by atoms with E-state index in [1.807, 2.05) is 12.1 Å². The van der Waals surface area contributed by atoms with Crippen LogP contribution in [0.25, 0.3) is 0 Å². The molecule has 2 aliphatic heterocycles. The highest BCUT2D eigenvalue weighted by Gasteiger charge is 2.80. The molecule has 0 radical (unpaired) electrons. The first-order valence-corrected chi connectivity index (χ1v) is 11.1. The molecular formula is C18H23N4O5P. The number of nitrogens with one attached hydrogen (secondary N) is 1. The zero-order valence-electron chi connectivity index (χ0n) is 15.9. The Kier molecular flexibility index (Phi) is 5.30. The number of nitriles is 3. The first-order valence-electron chi connectivity index (χ1n) is 9.41. The van der Waals surface area contributed by atoms with Crippen LogP contribution in [0.4, 0.5) is 0 Å². The maximum atomic E-state index is 13.1. The van der Waals surface area contributed by atoms with Gasteiger partial charge in [0.2, 0.25) is 11.7 Å². The van der Waals surface area contributed by atoms with Crippen LogP contribution in [0.15, 0.2) is 0 Å². The van der Waals surface area contributed by atoms with Crippen molar-refractivity contribution >= 4 is 13.5 Å². The number of rotatable bonds is 6. The summed E-state index contributed by atoms with van der Waals surface area (Å²) in [5, 5.41) is 38.7. The van der Waals surface area contributed by atoms with E-state index in [9.17, 15) is 20.4 Å². The normalized spacial score (nSPS) is 35.8. The molecule has 2 bridgehead atoms. The Hall–Kier alpha value is -1.95. The van der Waals surface area contributed by atoms with Gasteiger partial charge in [0, 0.05) is 6.42 Å². The molecule has 28 heavy (non-hydrogen) atoms. The van der Waals surface area contributed by atoms with Crippen molar-refractivity contribution in [2.24, 2.45) is 16.7 Å². The minimum atomic E-state index is -3.69. The van der Waals surface area contributed by atoms with E-state index in [1.165, 1.54) is 0 Å². The predicted octanol–water partition coefficient (Wildman–Crippen LogP) is 3.09. The maximum absolute atomic E-state index is 13.1. The molecule has 2 heterocycles. The second kappa shape index (κ2) is 7.14. The van der Waals surface area contributed by atoms with Crippen molar-refractivity contribution in [2.75, 3.05) is 19.4 Å². The average Bonchev–Trinajstić information content (AvgIpc) is 2.88. The lowest BCUT2D eigenvalue weighted by molar-refractivity contribution is -0.286. The first-order chi connectivity index (χ1) is 13.3. The fourth-order valence-corrected chi connectivity index (χ4v) is 6.70. The number of hydrogen-bond donors (Lipinski definition) is 1. The predicted molar refractivity (Wildman–Crippen MR) is 95.8 cm³/mol. The molecule has 9 nitrogen and oxygen atoms in total. The van der Waals surface area contributed by atoms with Crippen molar-refractivity contribution in [2.45, 2.75) is 51.4 Å². The van der Waals surface area contributed by atoms with Gasteiger partial charge in [-0.2, -0.15) is 15.8 Å². The minimum absolute atomic E-state index is 0.111. The largest absolute Gasteiger partial charge is 0.447 e. The van der Waals surface area contributed by atoms with Crippen LogP contribution in [0.5, 0.6) is 0 Å². The summed E-state index contributed by atoms with van der Waals surface area (Å²) in [5.74, 6) is -2.30. The van der Waals surface area contributed by atoms with Crippen LogP contribution >= 0.6 is 7.60 Å². The van der Waals surface area contributed by atoms with E-state index in [2.05, 4.69) is 6.07 Å². The molecule has 4 atom stereocenters. The van der Waals surface area contributed by atoms with Crippen LogP contribution in [-0.2, 0) is 23.1 Å². The number of nitrogens with zero attached hydrogens (tertiary/aromatic N) is 3. The van der Waals surface area contributed by atoms with Gasteiger partial charge in [0.15, 0.2) is 10.8 Å². The molecule has 0 aromatic rings. The van der Waals surface area contributed by atoms with Gasteiger partial charge in [0.25, 0.3) is 0 Å². The monoisotopic (exact) mass is 406 g/mol. The van der Waals surface area contributed by atoms with Gasteiger partial charge in [-0.15, -0.1) is 0 Å². The fourth-order valence-electron chi connectivity index (χ4n) is 4.87. The van der Waals surface area contributed by atoms with Crippen LogP contribution in [0.1, 0.15) is 39.5 Å². The topological polar surface area (TPSA) is 149 Å². The molecule has 0 spiro atoms. The molecule has 3 aliphatic rings. The second-order valence-electron chi connectivity index (χ2n) is 7.23. The standard InChI is InChI=1S/C18H23N4O5P/c1-3-24-28(23,25-4-2)9-14-16(10-19,11-20)17(12-21)13-7-5-6-8-18(13,26-14)27-15(17)22/h13-14,22H,3-9H2,1-2H3/t13-,14-,17+,18+/m0/s1. The highest BCUT2D eigenvalue weighted by molar-refractivity contribution is 7.53. The molecule has 0 amide bonds. The zero-order chi connectivity index (χ0) is 20.6. The van der Waals surface area contributed by atoms with E-state index in [0.29, 0.717) is 12.8 Å². The molecule has 1 N–H and O–H groups in total. The first kappa shape index (κ1) is 20.8. The third-order valence-corrected chi connectivity index (χ3v) is 8.05. The van der Waals surface area contributed by atoms with Gasteiger partial charge in [0.05, 0.1) is 43.5 Å².